The van der Waals surface area contributed by atoms with Crippen LogP contribution in [0.3, 0.4) is 0 Å². The third kappa shape index (κ3) is 4.66. The first kappa shape index (κ1) is 11.0. The van der Waals surface area contributed by atoms with Crippen molar-refractivity contribution in [3.8, 4) is 0 Å². The molecule has 0 heterocycles. The monoisotopic (exact) mass is 183 g/mol. The molecular weight excluding hydrogens is 158 g/mol. The summed E-state index contributed by atoms with van der Waals surface area (Å²) in [7, 11) is 0. The molecule has 2 N–H and O–H groups in total. The van der Waals surface area contributed by atoms with Gasteiger partial charge in [-0.2, -0.15) is 0 Å². The topological polar surface area (TPSA) is 26.0 Å². The van der Waals surface area contributed by atoms with E-state index in [1.165, 1.54) is 57.8 Å². The van der Waals surface area contributed by atoms with Crippen molar-refractivity contribution in [3.05, 3.63) is 0 Å². The van der Waals surface area contributed by atoms with Crippen LogP contribution in [0.1, 0.15) is 64.7 Å². The minimum atomic E-state index is 0.416. The average molecular weight is 183 g/mol. The molecule has 1 unspecified atom stereocenters. The minimum Gasteiger partial charge on any atom is -0.328 e. The van der Waals surface area contributed by atoms with Gasteiger partial charge in [-0.15, -0.1) is 0 Å². The van der Waals surface area contributed by atoms with E-state index in [9.17, 15) is 0 Å². The summed E-state index contributed by atoms with van der Waals surface area (Å²) in [4.78, 5) is 0. The lowest BCUT2D eigenvalue weighted by Crippen LogP contribution is -2.26. The molecule has 0 aromatic rings. The van der Waals surface area contributed by atoms with Gasteiger partial charge in [-0.1, -0.05) is 44.9 Å². The molecule has 0 aliphatic heterocycles. The summed E-state index contributed by atoms with van der Waals surface area (Å²) in [5.74, 6) is 0.804. The number of rotatable bonds is 1. The second kappa shape index (κ2) is 6.42. The Morgan fingerprint density at radius 2 is 1.23 bits per heavy atom. The van der Waals surface area contributed by atoms with Crippen molar-refractivity contribution in [3.63, 3.8) is 0 Å². The second-order valence-corrected chi connectivity index (χ2v) is 4.67. The highest BCUT2D eigenvalue weighted by Crippen LogP contribution is 2.22. The van der Waals surface area contributed by atoms with Crippen molar-refractivity contribution >= 4 is 0 Å². The van der Waals surface area contributed by atoms with Gasteiger partial charge < -0.3 is 5.73 Å². The quantitative estimate of drug-likeness (QED) is 0.662. The van der Waals surface area contributed by atoms with Crippen molar-refractivity contribution in [2.45, 2.75) is 70.8 Å². The van der Waals surface area contributed by atoms with Gasteiger partial charge in [0.05, 0.1) is 0 Å². The molecule has 0 aromatic heterocycles. The Morgan fingerprint density at radius 1 is 0.846 bits per heavy atom. The van der Waals surface area contributed by atoms with Crippen molar-refractivity contribution < 1.29 is 0 Å². The summed E-state index contributed by atoms with van der Waals surface area (Å²) >= 11 is 0. The third-order valence-electron chi connectivity index (χ3n) is 3.39. The maximum atomic E-state index is 5.98. The van der Waals surface area contributed by atoms with Crippen LogP contribution in [0.5, 0.6) is 0 Å². The molecule has 0 amide bonds. The predicted molar refractivity (Wildman–Crippen MR) is 58.7 cm³/mol. The molecule has 0 bridgehead atoms. The number of hydrogen-bond donors (Lipinski definition) is 1. The van der Waals surface area contributed by atoms with E-state index < -0.39 is 0 Å². The summed E-state index contributed by atoms with van der Waals surface area (Å²) in [6.45, 7) is 2.18. The second-order valence-electron chi connectivity index (χ2n) is 4.67. The molecule has 0 aromatic carbocycles. The fraction of sp³-hybridized carbons (Fsp3) is 1.00. The Hall–Kier alpha value is -0.0400. The molecule has 1 rings (SSSR count). The molecule has 0 radical (unpaired) electrons. The fourth-order valence-electron chi connectivity index (χ4n) is 2.37. The Morgan fingerprint density at radius 3 is 1.62 bits per heavy atom. The van der Waals surface area contributed by atoms with Crippen LogP contribution in [0.15, 0.2) is 0 Å². The molecule has 1 aliphatic carbocycles. The van der Waals surface area contributed by atoms with Gasteiger partial charge in [-0.25, -0.2) is 0 Å². The molecule has 1 saturated carbocycles. The van der Waals surface area contributed by atoms with Crippen LogP contribution < -0.4 is 5.73 Å². The highest BCUT2D eigenvalue weighted by molar-refractivity contribution is 4.69. The van der Waals surface area contributed by atoms with Gasteiger partial charge in [0.2, 0.25) is 0 Å². The van der Waals surface area contributed by atoms with E-state index >= 15 is 0 Å². The largest absolute Gasteiger partial charge is 0.328 e. The van der Waals surface area contributed by atoms with Crippen molar-refractivity contribution in [2.75, 3.05) is 0 Å². The van der Waals surface area contributed by atoms with Gasteiger partial charge in [0.25, 0.3) is 0 Å². The van der Waals surface area contributed by atoms with Crippen molar-refractivity contribution in [2.24, 2.45) is 11.7 Å². The molecule has 1 fully saturated rings. The molecule has 78 valence electrons. The van der Waals surface area contributed by atoms with E-state index in [1.54, 1.807) is 0 Å². The maximum Gasteiger partial charge on any atom is 0.00387 e. The summed E-state index contributed by atoms with van der Waals surface area (Å²) < 4.78 is 0. The number of nitrogens with two attached hydrogens (primary N) is 1. The molecule has 0 spiro atoms. The fourth-order valence-corrected chi connectivity index (χ4v) is 2.37. The smallest absolute Gasteiger partial charge is 0.00387 e. The lowest BCUT2D eigenvalue weighted by atomic mass is 9.88. The lowest BCUT2D eigenvalue weighted by Gasteiger charge is -2.21. The van der Waals surface area contributed by atoms with Crippen LogP contribution in [0.4, 0.5) is 0 Å². The van der Waals surface area contributed by atoms with Gasteiger partial charge in [0.1, 0.15) is 0 Å². The van der Waals surface area contributed by atoms with Crippen LogP contribution in [0, 0.1) is 5.92 Å². The summed E-state index contributed by atoms with van der Waals surface area (Å²) in [5.41, 5.74) is 5.98. The molecule has 1 heteroatoms. The minimum absolute atomic E-state index is 0.416. The zero-order valence-corrected chi connectivity index (χ0v) is 9.10. The van der Waals surface area contributed by atoms with E-state index in [4.69, 9.17) is 5.73 Å². The average Bonchev–Trinajstić information content (AvgIpc) is 2.14. The standard InChI is InChI=1S/C12H25N/c1-11(13)12-9-7-5-3-2-4-6-8-10-12/h11-12H,2-10,13H2,1H3. The Balaban J connectivity index is 2.26. The highest BCUT2D eigenvalue weighted by Gasteiger charge is 2.13. The van der Waals surface area contributed by atoms with Crippen LogP contribution in [-0.2, 0) is 0 Å². The Bertz CT molecular complexity index is 110. The maximum absolute atomic E-state index is 5.98. The van der Waals surface area contributed by atoms with E-state index in [2.05, 4.69) is 6.92 Å². The molecular formula is C12H25N. The van der Waals surface area contributed by atoms with Gasteiger partial charge in [0, 0.05) is 6.04 Å². The first-order chi connectivity index (χ1) is 6.30. The molecule has 1 aliphatic rings. The molecule has 0 saturated heterocycles. The Labute approximate surface area is 83.1 Å². The normalized spacial score (nSPS) is 25.4. The van der Waals surface area contributed by atoms with E-state index in [0.717, 1.165) is 5.92 Å². The van der Waals surface area contributed by atoms with E-state index in [0.29, 0.717) is 6.04 Å². The van der Waals surface area contributed by atoms with Gasteiger partial charge in [-0.05, 0) is 25.7 Å². The van der Waals surface area contributed by atoms with Gasteiger partial charge >= 0.3 is 0 Å². The SMILES string of the molecule is CC(N)C1CCCCCCCCC1. The highest BCUT2D eigenvalue weighted by atomic mass is 14.6. The molecule has 13 heavy (non-hydrogen) atoms. The third-order valence-corrected chi connectivity index (χ3v) is 3.39. The zero-order chi connectivity index (χ0) is 9.52. The van der Waals surface area contributed by atoms with Crippen LogP contribution in [0.25, 0.3) is 0 Å². The predicted octanol–water partition coefficient (Wildman–Crippen LogP) is 3.47. The molecule has 1 atom stereocenters. The van der Waals surface area contributed by atoms with E-state index in [1.807, 2.05) is 0 Å². The molecule has 1 nitrogen and oxygen atoms in total. The first-order valence-corrected chi connectivity index (χ1v) is 6.06. The van der Waals surface area contributed by atoms with Gasteiger partial charge in [-0.3, -0.25) is 0 Å². The first-order valence-electron chi connectivity index (χ1n) is 6.06. The lowest BCUT2D eigenvalue weighted by molar-refractivity contribution is 0.345. The van der Waals surface area contributed by atoms with E-state index in [-0.39, 0.29) is 0 Å². The van der Waals surface area contributed by atoms with Crippen LogP contribution in [-0.4, -0.2) is 6.04 Å². The van der Waals surface area contributed by atoms with Crippen molar-refractivity contribution in [1.82, 2.24) is 0 Å². The zero-order valence-electron chi connectivity index (χ0n) is 9.10. The summed E-state index contributed by atoms with van der Waals surface area (Å²) in [6.07, 6.45) is 12.8. The number of hydrogen-bond acceptors (Lipinski definition) is 1. The summed E-state index contributed by atoms with van der Waals surface area (Å²) in [5, 5.41) is 0. The van der Waals surface area contributed by atoms with Gasteiger partial charge in [0.15, 0.2) is 0 Å². The van der Waals surface area contributed by atoms with Crippen LogP contribution in [0.2, 0.25) is 0 Å². The van der Waals surface area contributed by atoms with Crippen molar-refractivity contribution in [1.29, 1.82) is 0 Å². The van der Waals surface area contributed by atoms with Crippen LogP contribution >= 0.6 is 0 Å². The summed E-state index contributed by atoms with van der Waals surface area (Å²) in [6, 6.07) is 0.416. The Kier molecular flexibility index (Phi) is 5.45.